The fourth-order valence-corrected chi connectivity index (χ4v) is 2.62. The Kier molecular flexibility index (Phi) is 5.27. The maximum atomic E-state index is 12.1. The number of nitrogens with zero attached hydrogens (tertiary/aromatic N) is 1. The maximum Gasteiger partial charge on any atom is 0.224 e. The molecule has 0 aliphatic carbocycles. The van der Waals surface area contributed by atoms with E-state index in [1.54, 1.807) is 7.11 Å². The maximum absolute atomic E-state index is 12.1. The number of amides is 1. The van der Waals surface area contributed by atoms with Crippen molar-refractivity contribution in [1.82, 2.24) is 4.90 Å². The molecule has 0 bridgehead atoms. The molecule has 0 aromatic heterocycles. The Balaban J connectivity index is 1.76. The summed E-state index contributed by atoms with van der Waals surface area (Å²) in [7, 11) is 1.65. The van der Waals surface area contributed by atoms with Crippen molar-refractivity contribution in [3.05, 3.63) is 24.3 Å². The van der Waals surface area contributed by atoms with Gasteiger partial charge in [-0.05, 0) is 30.9 Å². The van der Waals surface area contributed by atoms with Crippen LogP contribution in [0.5, 0.6) is 5.75 Å². The number of ether oxygens (including phenoxy) is 1. The van der Waals surface area contributed by atoms with Crippen molar-refractivity contribution in [3.8, 4) is 5.75 Å². The van der Waals surface area contributed by atoms with Crippen LogP contribution in [-0.2, 0) is 4.79 Å². The zero-order chi connectivity index (χ0) is 14.4. The summed E-state index contributed by atoms with van der Waals surface area (Å²) in [6, 6.07) is 7.77. The summed E-state index contributed by atoms with van der Waals surface area (Å²) in [5.41, 5.74) is 0.990. The van der Waals surface area contributed by atoms with Crippen molar-refractivity contribution in [2.45, 2.75) is 26.2 Å². The van der Waals surface area contributed by atoms with Gasteiger partial charge in [-0.1, -0.05) is 13.0 Å². The SMILES string of the molecule is COc1cccc(NCCC(=O)N2CCCC(C)C2)c1. The summed E-state index contributed by atoms with van der Waals surface area (Å²) in [6.07, 6.45) is 2.92. The fourth-order valence-electron chi connectivity index (χ4n) is 2.62. The Morgan fingerprint density at radius 3 is 3.10 bits per heavy atom. The molecule has 0 saturated carbocycles. The number of anilines is 1. The van der Waals surface area contributed by atoms with E-state index in [1.165, 1.54) is 6.42 Å². The van der Waals surface area contributed by atoms with E-state index < -0.39 is 0 Å². The van der Waals surface area contributed by atoms with E-state index >= 15 is 0 Å². The fraction of sp³-hybridized carbons (Fsp3) is 0.562. The van der Waals surface area contributed by atoms with Crippen LogP contribution < -0.4 is 10.1 Å². The number of nitrogens with one attached hydrogen (secondary N) is 1. The summed E-state index contributed by atoms with van der Waals surface area (Å²) >= 11 is 0. The molecular formula is C16H24N2O2. The zero-order valence-electron chi connectivity index (χ0n) is 12.4. The van der Waals surface area contributed by atoms with Crippen LogP contribution in [-0.4, -0.2) is 37.6 Å². The minimum Gasteiger partial charge on any atom is -0.497 e. The van der Waals surface area contributed by atoms with Gasteiger partial charge in [0.15, 0.2) is 0 Å². The number of hydrogen-bond acceptors (Lipinski definition) is 3. The number of methoxy groups -OCH3 is 1. The number of carbonyl (C=O) groups excluding carboxylic acids is 1. The third kappa shape index (κ3) is 4.15. The average molecular weight is 276 g/mol. The molecule has 20 heavy (non-hydrogen) atoms. The van der Waals surface area contributed by atoms with Crippen LogP contribution in [0.1, 0.15) is 26.2 Å². The van der Waals surface area contributed by atoms with Gasteiger partial charge in [-0.3, -0.25) is 4.79 Å². The second-order valence-corrected chi connectivity index (χ2v) is 5.50. The smallest absolute Gasteiger partial charge is 0.224 e. The van der Waals surface area contributed by atoms with Gasteiger partial charge >= 0.3 is 0 Å². The van der Waals surface area contributed by atoms with Crippen molar-refractivity contribution >= 4 is 11.6 Å². The van der Waals surface area contributed by atoms with E-state index in [0.717, 1.165) is 30.9 Å². The lowest BCUT2D eigenvalue weighted by molar-refractivity contribution is -0.132. The zero-order valence-corrected chi connectivity index (χ0v) is 12.4. The van der Waals surface area contributed by atoms with E-state index in [9.17, 15) is 4.79 Å². The quantitative estimate of drug-likeness (QED) is 0.899. The Hall–Kier alpha value is -1.71. The third-order valence-electron chi connectivity index (χ3n) is 3.75. The normalized spacial score (nSPS) is 18.7. The number of carbonyl (C=O) groups is 1. The van der Waals surface area contributed by atoms with Crippen molar-refractivity contribution < 1.29 is 9.53 Å². The van der Waals surface area contributed by atoms with Gasteiger partial charge in [0, 0.05) is 37.8 Å². The van der Waals surface area contributed by atoms with E-state index in [4.69, 9.17) is 4.74 Å². The molecule has 1 aliphatic rings. The minimum atomic E-state index is 0.256. The molecule has 1 unspecified atom stereocenters. The van der Waals surface area contributed by atoms with Gasteiger partial charge in [0.25, 0.3) is 0 Å². The van der Waals surface area contributed by atoms with Gasteiger partial charge in [0.2, 0.25) is 5.91 Å². The van der Waals surface area contributed by atoms with E-state index in [2.05, 4.69) is 12.2 Å². The number of benzene rings is 1. The van der Waals surface area contributed by atoms with Crippen LogP contribution in [0.3, 0.4) is 0 Å². The Bertz CT molecular complexity index is 448. The Morgan fingerprint density at radius 1 is 1.50 bits per heavy atom. The highest BCUT2D eigenvalue weighted by Gasteiger charge is 2.20. The van der Waals surface area contributed by atoms with Crippen LogP contribution in [0.15, 0.2) is 24.3 Å². The first-order valence-corrected chi connectivity index (χ1v) is 7.34. The summed E-state index contributed by atoms with van der Waals surface area (Å²) in [5, 5.41) is 3.27. The molecule has 1 aromatic rings. The van der Waals surface area contributed by atoms with Crippen molar-refractivity contribution in [2.75, 3.05) is 32.1 Å². The molecule has 1 aromatic carbocycles. The van der Waals surface area contributed by atoms with Crippen LogP contribution in [0, 0.1) is 5.92 Å². The summed E-state index contributed by atoms with van der Waals surface area (Å²) < 4.78 is 5.17. The second kappa shape index (κ2) is 7.17. The molecule has 110 valence electrons. The van der Waals surface area contributed by atoms with Gasteiger partial charge in [0.1, 0.15) is 5.75 Å². The molecule has 1 atom stereocenters. The molecule has 4 heteroatoms. The monoisotopic (exact) mass is 276 g/mol. The Morgan fingerprint density at radius 2 is 2.35 bits per heavy atom. The minimum absolute atomic E-state index is 0.256. The molecular weight excluding hydrogens is 252 g/mol. The molecule has 4 nitrogen and oxygen atoms in total. The van der Waals surface area contributed by atoms with Crippen LogP contribution in [0.4, 0.5) is 5.69 Å². The molecule has 1 amide bonds. The van der Waals surface area contributed by atoms with Gasteiger partial charge in [0.05, 0.1) is 7.11 Å². The molecule has 1 saturated heterocycles. The predicted octanol–water partition coefficient (Wildman–Crippen LogP) is 2.76. The summed E-state index contributed by atoms with van der Waals surface area (Å²) in [4.78, 5) is 14.1. The van der Waals surface area contributed by atoms with Gasteiger partial charge in [-0.15, -0.1) is 0 Å². The second-order valence-electron chi connectivity index (χ2n) is 5.50. The van der Waals surface area contributed by atoms with Crippen molar-refractivity contribution in [1.29, 1.82) is 0 Å². The van der Waals surface area contributed by atoms with Gasteiger partial charge < -0.3 is 15.0 Å². The Labute approximate surface area is 121 Å². The number of hydrogen-bond donors (Lipinski definition) is 1. The standard InChI is InChI=1S/C16H24N2O2/c1-13-5-4-10-18(12-13)16(19)8-9-17-14-6-3-7-15(11-14)20-2/h3,6-7,11,13,17H,4-5,8-10,12H2,1-2H3. The lowest BCUT2D eigenvalue weighted by Gasteiger charge is -2.31. The van der Waals surface area contributed by atoms with Crippen LogP contribution in [0.2, 0.25) is 0 Å². The molecule has 0 radical (unpaired) electrons. The molecule has 2 rings (SSSR count). The largest absolute Gasteiger partial charge is 0.497 e. The average Bonchev–Trinajstić information content (AvgIpc) is 2.47. The number of piperidine rings is 1. The van der Waals surface area contributed by atoms with Crippen molar-refractivity contribution in [3.63, 3.8) is 0 Å². The number of likely N-dealkylation sites (tertiary alicyclic amines) is 1. The number of rotatable bonds is 5. The van der Waals surface area contributed by atoms with Crippen molar-refractivity contribution in [2.24, 2.45) is 5.92 Å². The van der Waals surface area contributed by atoms with E-state index in [-0.39, 0.29) is 5.91 Å². The molecule has 1 fully saturated rings. The molecule has 0 spiro atoms. The van der Waals surface area contributed by atoms with Gasteiger partial charge in [-0.2, -0.15) is 0 Å². The van der Waals surface area contributed by atoms with E-state index in [0.29, 0.717) is 18.9 Å². The predicted molar refractivity (Wildman–Crippen MR) is 81.1 cm³/mol. The molecule has 1 heterocycles. The van der Waals surface area contributed by atoms with E-state index in [1.807, 2.05) is 29.2 Å². The first-order valence-electron chi connectivity index (χ1n) is 7.34. The topological polar surface area (TPSA) is 41.6 Å². The first-order chi connectivity index (χ1) is 9.69. The van der Waals surface area contributed by atoms with Gasteiger partial charge in [-0.25, -0.2) is 0 Å². The highest BCUT2D eigenvalue weighted by atomic mass is 16.5. The summed E-state index contributed by atoms with van der Waals surface area (Å²) in [6.45, 7) is 4.71. The molecule has 1 N–H and O–H groups in total. The highest BCUT2D eigenvalue weighted by molar-refractivity contribution is 5.76. The highest BCUT2D eigenvalue weighted by Crippen LogP contribution is 2.18. The van der Waals surface area contributed by atoms with Crippen LogP contribution in [0.25, 0.3) is 0 Å². The lowest BCUT2D eigenvalue weighted by atomic mass is 10.00. The molecule has 1 aliphatic heterocycles. The van der Waals surface area contributed by atoms with Crippen LogP contribution >= 0.6 is 0 Å². The third-order valence-corrected chi connectivity index (χ3v) is 3.75. The summed E-state index contributed by atoms with van der Waals surface area (Å²) in [5.74, 6) is 1.72. The lowest BCUT2D eigenvalue weighted by Crippen LogP contribution is -2.39. The first kappa shape index (κ1) is 14.7.